The Kier molecular flexibility index (Phi) is 8.05. The van der Waals surface area contributed by atoms with E-state index >= 15 is 0 Å². The molecule has 1 unspecified atom stereocenters. The lowest BCUT2D eigenvalue weighted by atomic mass is 10.1. The van der Waals surface area contributed by atoms with Gasteiger partial charge in [0, 0.05) is 17.8 Å². The first-order valence-electron chi connectivity index (χ1n) is 11.0. The Balaban J connectivity index is 1.81. The van der Waals surface area contributed by atoms with Gasteiger partial charge in [-0.05, 0) is 47.1 Å². The summed E-state index contributed by atoms with van der Waals surface area (Å²) in [7, 11) is -0.406. The summed E-state index contributed by atoms with van der Waals surface area (Å²) in [5.41, 5.74) is 0.502. The molecule has 3 aromatic carbocycles. The number of amides is 2. The minimum absolute atomic E-state index is 0.0518. The zero-order chi connectivity index (χ0) is 26.5. The number of hydrogen-bond acceptors (Lipinski definition) is 6. The maximum absolute atomic E-state index is 14.7. The molecule has 11 heteroatoms. The molecule has 188 valence electrons. The number of nitro benzene ring substituents is 1. The van der Waals surface area contributed by atoms with Gasteiger partial charge in [-0.2, -0.15) is 0 Å². The third-order valence-electron chi connectivity index (χ3n) is 5.28. The van der Waals surface area contributed by atoms with E-state index in [0.29, 0.717) is 16.5 Å². The standard InChI is InChI=1S/C25H26FN3O6Si/c1-34-19-10-5-16(6-11-19)23(28-25(31)35-20-12-8-18(9-13-20)29(32)33)24(30)27-17-7-14-22(21(26)15-17)36(2,3)4/h5-15,23H,1-4H3,(H,27,30)(H,28,31). The third-order valence-corrected chi connectivity index (χ3v) is 7.30. The Morgan fingerprint density at radius 2 is 1.58 bits per heavy atom. The number of nitro groups is 1. The number of rotatable bonds is 8. The van der Waals surface area contributed by atoms with E-state index in [1.807, 2.05) is 19.6 Å². The fourth-order valence-electron chi connectivity index (χ4n) is 3.40. The molecule has 3 rings (SSSR count). The summed E-state index contributed by atoms with van der Waals surface area (Å²) >= 11 is 0. The summed E-state index contributed by atoms with van der Waals surface area (Å²) in [4.78, 5) is 36.0. The van der Waals surface area contributed by atoms with Crippen LogP contribution in [0.5, 0.6) is 11.5 Å². The molecule has 0 aliphatic rings. The second-order valence-corrected chi connectivity index (χ2v) is 14.0. The Labute approximate surface area is 208 Å². The number of halogens is 1. The van der Waals surface area contributed by atoms with Crippen LogP contribution in [0.25, 0.3) is 0 Å². The van der Waals surface area contributed by atoms with Gasteiger partial charge in [-0.3, -0.25) is 14.9 Å². The van der Waals surface area contributed by atoms with Crippen LogP contribution >= 0.6 is 0 Å². The maximum Gasteiger partial charge on any atom is 0.413 e. The number of nitrogens with zero attached hydrogens (tertiary/aromatic N) is 1. The summed E-state index contributed by atoms with van der Waals surface area (Å²) in [5, 5.41) is 16.6. The number of hydrogen-bond donors (Lipinski definition) is 2. The number of nitrogens with one attached hydrogen (secondary N) is 2. The largest absolute Gasteiger partial charge is 0.497 e. The smallest absolute Gasteiger partial charge is 0.413 e. The molecular weight excluding hydrogens is 485 g/mol. The van der Waals surface area contributed by atoms with Crippen molar-refractivity contribution in [2.45, 2.75) is 25.7 Å². The topological polar surface area (TPSA) is 120 Å². The average molecular weight is 512 g/mol. The highest BCUT2D eigenvalue weighted by molar-refractivity contribution is 6.88. The molecule has 0 aliphatic heterocycles. The van der Waals surface area contributed by atoms with E-state index in [-0.39, 0.29) is 17.1 Å². The van der Waals surface area contributed by atoms with Gasteiger partial charge in [0.15, 0.2) is 0 Å². The van der Waals surface area contributed by atoms with E-state index in [1.165, 1.54) is 37.4 Å². The second kappa shape index (κ2) is 11.0. The Bertz CT molecular complexity index is 1260. The number of benzene rings is 3. The van der Waals surface area contributed by atoms with Gasteiger partial charge < -0.3 is 20.1 Å². The van der Waals surface area contributed by atoms with Crippen molar-refractivity contribution in [3.8, 4) is 11.5 Å². The SMILES string of the molecule is COc1ccc(C(NC(=O)Oc2ccc([N+](=O)[O-])cc2)C(=O)Nc2ccc([Si](C)(C)C)c(F)c2)cc1. The van der Waals surface area contributed by atoms with Crippen LogP contribution in [0.2, 0.25) is 19.6 Å². The van der Waals surface area contributed by atoms with Crippen LogP contribution in [-0.2, 0) is 4.79 Å². The van der Waals surface area contributed by atoms with Crippen molar-refractivity contribution < 1.29 is 28.4 Å². The van der Waals surface area contributed by atoms with Crippen molar-refractivity contribution in [2.24, 2.45) is 0 Å². The highest BCUT2D eigenvalue weighted by atomic mass is 28.3. The van der Waals surface area contributed by atoms with Crippen LogP contribution in [0, 0.1) is 15.9 Å². The minimum Gasteiger partial charge on any atom is -0.497 e. The molecule has 0 heterocycles. The van der Waals surface area contributed by atoms with Crippen LogP contribution in [0.1, 0.15) is 11.6 Å². The van der Waals surface area contributed by atoms with Crippen LogP contribution in [0.3, 0.4) is 0 Å². The van der Waals surface area contributed by atoms with E-state index < -0.39 is 36.9 Å². The molecule has 1 atom stereocenters. The van der Waals surface area contributed by atoms with Crippen LogP contribution in [-0.4, -0.2) is 32.1 Å². The Morgan fingerprint density at radius 1 is 0.972 bits per heavy atom. The first kappa shape index (κ1) is 26.4. The first-order valence-corrected chi connectivity index (χ1v) is 14.5. The number of carbonyl (C=O) groups excluding carboxylic acids is 2. The van der Waals surface area contributed by atoms with Gasteiger partial charge in [0.1, 0.15) is 23.4 Å². The summed E-state index contributed by atoms with van der Waals surface area (Å²) in [5.74, 6) is -0.425. The quantitative estimate of drug-likeness (QED) is 0.256. The second-order valence-electron chi connectivity index (χ2n) is 8.92. The molecule has 36 heavy (non-hydrogen) atoms. The monoisotopic (exact) mass is 511 g/mol. The molecule has 0 aromatic heterocycles. The number of ether oxygens (including phenoxy) is 2. The predicted molar refractivity (Wildman–Crippen MR) is 136 cm³/mol. The predicted octanol–water partition coefficient (Wildman–Crippen LogP) is 4.76. The molecule has 0 radical (unpaired) electrons. The van der Waals surface area contributed by atoms with Gasteiger partial charge in [-0.25, -0.2) is 9.18 Å². The van der Waals surface area contributed by atoms with Crippen molar-refractivity contribution in [1.82, 2.24) is 5.32 Å². The van der Waals surface area contributed by atoms with Gasteiger partial charge >= 0.3 is 6.09 Å². The van der Waals surface area contributed by atoms with Gasteiger partial charge in [0.2, 0.25) is 0 Å². The van der Waals surface area contributed by atoms with Gasteiger partial charge in [-0.1, -0.05) is 37.8 Å². The van der Waals surface area contributed by atoms with Crippen LogP contribution in [0.15, 0.2) is 66.7 Å². The number of anilines is 1. The lowest BCUT2D eigenvalue weighted by Crippen LogP contribution is -2.40. The molecular formula is C25H26FN3O6Si. The Morgan fingerprint density at radius 3 is 2.11 bits per heavy atom. The van der Waals surface area contributed by atoms with Crippen molar-refractivity contribution >= 4 is 36.6 Å². The molecule has 0 aliphatic carbocycles. The van der Waals surface area contributed by atoms with Crippen molar-refractivity contribution in [2.75, 3.05) is 12.4 Å². The minimum atomic E-state index is -1.90. The number of non-ortho nitro benzene ring substituents is 1. The lowest BCUT2D eigenvalue weighted by molar-refractivity contribution is -0.384. The molecule has 0 bridgehead atoms. The first-order chi connectivity index (χ1) is 17.0. The van der Waals surface area contributed by atoms with Crippen LogP contribution < -0.4 is 25.3 Å². The molecule has 0 fully saturated rings. The van der Waals surface area contributed by atoms with E-state index in [9.17, 15) is 24.1 Å². The highest BCUT2D eigenvalue weighted by Crippen LogP contribution is 2.22. The van der Waals surface area contributed by atoms with E-state index in [1.54, 1.807) is 36.4 Å². The number of methoxy groups -OCH3 is 1. The Hall–Kier alpha value is -4.25. The fraction of sp³-hybridized carbons (Fsp3) is 0.200. The van der Waals surface area contributed by atoms with E-state index in [0.717, 1.165) is 0 Å². The maximum atomic E-state index is 14.7. The molecule has 2 amide bonds. The van der Waals surface area contributed by atoms with Crippen molar-refractivity contribution in [1.29, 1.82) is 0 Å². The molecule has 3 aromatic rings. The average Bonchev–Trinajstić information content (AvgIpc) is 2.82. The summed E-state index contributed by atoms with van der Waals surface area (Å²) in [6.07, 6.45) is -0.958. The molecule has 0 saturated carbocycles. The third kappa shape index (κ3) is 6.66. The molecule has 9 nitrogen and oxygen atoms in total. The van der Waals surface area contributed by atoms with Gasteiger partial charge in [0.05, 0.1) is 20.1 Å². The highest BCUT2D eigenvalue weighted by Gasteiger charge is 2.26. The fourth-order valence-corrected chi connectivity index (χ4v) is 4.77. The summed E-state index contributed by atoms with van der Waals surface area (Å²) in [6, 6.07) is 14.7. The van der Waals surface area contributed by atoms with Gasteiger partial charge in [-0.15, -0.1) is 0 Å². The van der Waals surface area contributed by atoms with Crippen molar-refractivity contribution in [3.05, 3.63) is 88.2 Å². The molecule has 2 N–H and O–H groups in total. The zero-order valence-electron chi connectivity index (χ0n) is 20.2. The van der Waals surface area contributed by atoms with E-state index in [2.05, 4.69) is 10.6 Å². The summed E-state index contributed by atoms with van der Waals surface area (Å²) in [6.45, 7) is 6.05. The normalized spacial score (nSPS) is 11.8. The zero-order valence-corrected chi connectivity index (χ0v) is 21.2. The summed E-state index contributed by atoms with van der Waals surface area (Å²) < 4.78 is 25.0. The van der Waals surface area contributed by atoms with E-state index in [4.69, 9.17) is 9.47 Å². The molecule has 0 spiro atoms. The number of carbonyl (C=O) groups is 2. The lowest BCUT2D eigenvalue weighted by Gasteiger charge is -2.20. The van der Waals surface area contributed by atoms with Gasteiger partial charge in [0.25, 0.3) is 11.6 Å². The van der Waals surface area contributed by atoms with Crippen molar-refractivity contribution in [3.63, 3.8) is 0 Å². The van der Waals surface area contributed by atoms with Crippen LogP contribution in [0.4, 0.5) is 20.6 Å². The molecule has 0 saturated heterocycles.